The number of thiazole rings is 1. The number of anilines is 1. The molecule has 5 heteroatoms. The summed E-state index contributed by atoms with van der Waals surface area (Å²) in [6.07, 6.45) is 1.87. The number of aromatic nitrogens is 1. The molecule has 0 saturated heterocycles. The van der Waals surface area contributed by atoms with Gasteiger partial charge in [-0.3, -0.25) is 0 Å². The van der Waals surface area contributed by atoms with Gasteiger partial charge in [-0.1, -0.05) is 12.1 Å². The van der Waals surface area contributed by atoms with E-state index < -0.39 is 0 Å². The van der Waals surface area contributed by atoms with Crippen molar-refractivity contribution < 1.29 is 4.39 Å². The van der Waals surface area contributed by atoms with E-state index in [-0.39, 0.29) is 5.82 Å². The zero-order chi connectivity index (χ0) is 14.4. The fourth-order valence-corrected chi connectivity index (χ4v) is 3.17. The van der Waals surface area contributed by atoms with Crippen LogP contribution in [0.1, 0.15) is 24.0 Å². The van der Waals surface area contributed by atoms with E-state index in [1.807, 2.05) is 24.4 Å². The van der Waals surface area contributed by atoms with Crippen LogP contribution in [0.15, 0.2) is 29.6 Å². The third-order valence-electron chi connectivity index (χ3n) is 3.13. The quantitative estimate of drug-likeness (QED) is 0.701. The fraction of sp³-hybridized carbons (Fsp3) is 0.400. The molecule has 0 N–H and O–H groups in total. The first-order valence-electron chi connectivity index (χ1n) is 6.73. The van der Waals surface area contributed by atoms with E-state index in [9.17, 15) is 4.39 Å². The zero-order valence-corrected chi connectivity index (χ0v) is 13.1. The maximum absolute atomic E-state index is 13.8. The molecule has 2 rings (SSSR count). The minimum Gasteiger partial charge on any atom is -0.369 e. The van der Waals surface area contributed by atoms with Crippen LogP contribution in [-0.2, 0) is 12.3 Å². The fourth-order valence-electron chi connectivity index (χ4n) is 2.10. The molecule has 2 aromatic rings. The van der Waals surface area contributed by atoms with E-state index in [0.29, 0.717) is 11.6 Å². The van der Waals surface area contributed by atoms with Crippen molar-refractivity contribution in [2.45, 2.75) is 25.6 Å². The molecule has 0 fully saturated rings. The first-order chi connectivity index (χ1) is 9.74. The summed E-state index contributed by atoms with van der Waals surface area (Å²) in [4.78, 5) is 6.50. The van der Waals surface area contributed by atoms with Crippen molar-refractivity contribution in [3.05, 3.63) is 46.2 Å². The standard InChI is InChI=1S/C15H18ClFN2S/c1-2-19(14-7-4-3-6-13(14)17)9-5-8-15-18-12(10-16)11-20-15/h3-4,6-7,11H,2,5,8-10H2,1H3. The van der Waals surface area contributed by atoms with Gasteiger partial charge >= 0.3 is 0 Å². The Bertz CT molecular complexity index is 544. The third kappa shape index (κ3) is 3.93. The highest BCUT2D eigenvalue weighted by molar-refractivity contribution is 7.09. The summed E-state index contributed by atoms with van der Waals surface area (Å²) in [5.74, 6) is 0.306. The van der Waals surface area contributed by atoms with E-state index in [2.05, 4.69) is 9.88 Å². The van der Waals surface area contributed by atoms with E-state index in [4.69, 9.17) is 11.6 Å². The van der Waals surface area contributed by atoms with Crippen LogP contribution in [0.3, 0.4) is 0 Å². The molecule has 0 aliphatic carbocycles. The smallest absolute Gasteiger partial charge is 0.146 e. The molecular formula is C15H18ClFN2S. The maximum atomic E-state index is 13.8. The van der Waals surface area contributed by atoms with Gasteiger partial charge in [0.05, 0.1) is 22.3 Å². The van der Waals surface area contributed by atoms with Crippen molar-refractivity contribution in [2.75, 3.05) is 18.0 Å². The Balaban J connectivity index is 1.90. The van der Waals surface area contributed by atoms with E-state index >= 15 is 0 Å². The number of rotatable bonds is 7. The van der Waals surface area contributed by atoms with Gasteiger partial charge in [-0.15, -0.1) is 22.9 Å². The molecule has 0 atom stereocenters. The summed E-state index contributed by atoms with van der Waals surface area (Å²) < 4.78 is 13.8. The number of para-hydroxylation sites is 1. The van der Waals surface area contributed by atoms with Crippen LogP contribution in [-0.4, -0.2) is 18.1 Å². The van der Waals surface area contributed by atoms with Crippen LogP contribution in [0.2, 0.25) is 0 Å². The lowest BCUT2D eigenvalue weighted by molar-refractivity contribution is 0.615. The highest BCUT2D eigenvalue weighted by atomic mass is 35.5. The molecule has 0 radical (unpaired) electrons. The normalized spacial score (nSPS) is 10.8. The first kappa shape index (κ1) is 15.3. The third-order valence-corrected chi connectivity index (χ3v) is 4.36. The number of nitrogens with zero attached hydrogens (tertiary/aromatic N) is 2. The molecule has 0 saturated carbocycles. The monoisotopic (exact) mass is 312 g/mol. The second-order valence-corrected chi connectivity index (χ2v) is 5.71. The van der Waals surface area contributed by atoms with Gasteiger partial charge in [0.15, 0.2) is 0 Å². The number of aryl methyl sites for hydroxylation is 1. The van der Waals surface area contributed by atoms with Crippen molar-refractivity contribution in [3.8, 4) is 0 Å². The van der Waals surface area contributed by atoms with Crippen LogP contribution in [0.5, 0.6) is 0 Å². The average Bonchev–Trinajstić information content (AvgIpc) is 2.93. The Hall–Kier alpha value is -1.13. The van der Waals surface area contributed by atoms with Crippen LogP contribution >= 0.6 is 22.9 Å². The van der Waals surface area contributed by atoms with E-state index in [0.717, 1.165) is 36.6 Å². The van der Waals surface area contributed by atoms with Crippen LogP contribution in [0.4, 0.5) is 10.1 Å². The van der Waals surface area contributed by atoms with Gasteiger partial charge in [0.1, 0.15) is 5.82 Å². The zero-order valence-electron chi connectivity index (χ0n) is 11.5. The maximum Gasteiger partial charge on any atom is 0.146 e. The molecular weight excluding hydrogens is 295 g/mol. The molecule has 1 aromatic carbocycles. The highest BCUT2D eigenvalue weighted by Gasteiger charge is 2.09. The molecule has 2 nitrogen and oxygen atoms in total. The summed E-state index contributed by atoms with van der Waals surface area (Å²) in [6.45, 7) is 3.67. The summed E-state index contributed by atoms with van der Waals surface area (Å²) in [7, 11) is 0. The Morgan fingerprint density at radius 2 is 2.15 bits per heavy atom. The SMILES string of the molecule is CCN(CCCc1nc(CCl)cs1)c1ccccc1F. The Morgan fingerprint density at radius 1 is 1.35 bits per heavy atom. The molecule has 108 valence electrons. The number of hydrogen-bond acceptors (Lipinski definition) is 3. The largest absolute Gasteiger partial charge is 0.369 e. The van der Waals surface area contributed by atoms with Crippen molar-refractivity contribution in [3.63, 3.8) is 0 Å². The number of benzene rings is 1. The lowest BCUT2D eigenvalue weighted by atomic mass is 10.2. The molecule has 0 amide bonds. The average molecular weight is 313 g/mol. The van der Waals surface area contributed by atoms with Gasteiger partial charge < -0.3 is 4.90 Å². The molecule has 1 aromatic heterocycles. The molecule has 0 aliphatic rings. The molecule has 0 bridgehead atoms. The first-order valence-corrected chi connectivity index (χ1v) is 8.14. The summed E-state index contributed by atoms with van der Waals surface area (Å²) in [5, 5.41) is 3.10. The van der Waals surface area contributed by atoms with Gasteiger partial charge in [0, 0.05) is 24.9 Å². The predicted molar refractivity (Wildman–Crippen MR) is 84.3 cm³/mol. The molecule has 1 heterocycles. The molecule has 20 heavy (non-hydrogen) atoms. The molecule has 0 unspecified atom stereocenters. The Kier molecular flexibility index (Phi) is 5.80. The van der Waals surface area contributed by atoms with Crippen LogP contribution < -0.4 is 4.90 Å². The summed E-state index contributed by atoms with van der Waals surface area (Å²) in [5.41, 5.74) is 1.61. The molecule has 0 aliphatic heterocycles. The lowest BCUT2D eigenvalue weighted by Crippen LogP contribution is -2.25. The number of hydrogen-bond donors (Lipinski definition) is 0. The Labute approximate surface area is 128 Å². The second kappa shape index (κ2) is 7.60. The topological polar surface area (TPSA) is 16.1 Å². The number of halogens is 2. The highest BCUT2D eigenvalue weighted by Crippen LogP contribution is 2.19. The summed E-state index contributed by atoms with van der Waals surface area (Å²) in [6, 6.07) is 6.92. The minimum absolute atomic E-state index is 0.159. The van der Waals surface area contributed by atoms with Gasteiger partial charge in [-0.05, 0) is 25.5 Å². The minimum atomic E-state index is -0.159. The predicted octanol–water partition coefficient (Wildman–Crippen LogP) is 4.48. The summed E-state index contributed by atoms with van der Waals surface area (Å²) >= 11 is 7.38. The van der Waals surface area contributed by atoms with Crippen LogP contribution in [0, 0.1) is 5.82 Å². The van der Waals surface area contributed by atoms with Gasteiger partial charge in [-0.2, -0.15) is 0 Å². The van der Waals surface area contributed by atoms with Gasteiger partial charge in [-0.25, -0.2) is 9.37 Å². The van der Waals surface area contributed by atoms with Gasteiger partial charge in [0.25, 0.3) is 0 Å². The second-order valence-electron chi connectivity index (χ2n) is 4.50. The van der Waals surface area contributed by atoms with Crippen molar-refractivity contribution >= 4 is 28.6 Å². The van der Waals surface area contributed by atoms with E-state index in [1.165, 1.54) is 6.07 Å². The Morgan fingerprint density at radius 3 is 2.80 bits per heavy atom. The molecule has 0 spiro atoms. The lowest BCUT2D eigenvalue weighted by Gasteiger charge is -2.23. The van der Waals surface area contributed by atoms with Gasteiger partial charge in [0.2, 0.25) is 0 Å². The van der Waals surface area contributed by atoms with Crippen LogP contribution in [0.25, 0.3) is 0 Å². The van der Waals surface area contributed by atoms with Crippen molar-refractivity contribution in [1.29, 1.82) is 0 Å². The number of alkyl halides is 1. The van der Waals surface area contributed by atoms with Crippen molar-refractivity contribution in [2.24, 2.45) is 0 Å². The van der Waals surface area contributed by atoms with E-state index in [1.54, 1.807) is 17.4 Å². The van der Waals surface area contributed by atoms with Crippen molar-refractivity contribution in [1.82, 2.24) is 4.98 Å².